The Morgan fingerprint density at radius 2 is 2.29 bits per heavy atom. The molecule has 1 heterocycles. The highest BCUT2D eigenvalue weighted by Gasteiger charge is 2.62. The number of nitrogens with one attached hydrogen (secondary N) is 1. The third-order valence-corrected chi connectivity index (χ3v) is 2.07. The summed E-state index contributed by atoms with van der Waals surface area (Å²) in [6.07, 6.45) is 0.123. The largest absolute Gasteiger partial charge is 0.393 e. The second-order valence-electron chi connectivity index (χ2n) is 3.03. The van der Waals surface area contributed by atoms with E-state index < -0.39 is 24.3 Å². The van der Waals surface area contributed by atoms with Crippen LogP contribution in [-0.2, 0) is 4.74 Å². The molecule has 0 aromatic heterocycles. The fourth-order valence-electron chi connectivity index (χ4n) is 1.23. The standard InChI is InChI=1S/C8H13FNO4/c1-2-3-10-8(13)6(4-11)14-5-7(8,9)12/h2,5-6,10-13H,1,3-4H2/t6-,7-,8-/m1/s1. The summed E-state index contributed by atoms with van der Waals surface area (Å²) in [5.74, 6) is -3.04. The Morgan fingerprint density at radius 1 is 1.64 bits per heavy atom. The summed E-state index contributed by atoms with van der Waals surface area (Å²) in [5.41, 5.74) is -2.35. The Kier molecular flexibility index (Phi) is 3.23. The van der Waals surface area contributed by atoms with Gasteiger partial charge in [-0.05, 0) is 0 Å². The minimum atomic E-state index is -3.04. The van der Waals surface area contributed by atoms with E-state index in [4.69, 9.17) is 10.2 Å². The van der Waals surface area contributed by atoms with Crippen molar-refractivity contribution < 1.29 is 24.4 Å². The smallest absolute Gasteiger partial charge is 0.281 e. The van der Waals surface area contributed by atoms with Gasteiger partial charge in [-0.25, -0.2) is 4.39 Å². The molecule has 5 nitrogen and oxygen atoms in total. The third-order valence-electron chi connectivity index (χ3n) is 2.07. The van der Waals surface area contributed by atoms with Crippen molar-refractivity contribution in [1.29, 1.82) is 0 Å². The Labute approximate surface area is 80.8 Å². The van der Waals surface area contributed by atoms with E-state index in [9.17, 15) is 9.50 Å². The summed E-state index contributed by atoms with van der Waals surface area (Å²) >= 11 is 0. The SMILES string of the molecule is C=CCN[C@@]1(O)[C@@H](CO)O[CH][C@]1(O)F. The van der Waals surface area contributed by atoms with Crippen LogP contribution in [0, 0.1) is 6.61 Å². The first-order valence-corrected chi connectivity index (χ1v) is 4.08. The Morgan fingerprint density at radius 3 is 2.79 bits per heavy atom. The molecule has 4 N–H and O–H groups in total. The van der Waals surface area contributed by atoms with E-state index in [-0.39, 0.29) is 6.54 Å². The van der Waals surface area contributed by atoms with E-state index in [0.717, 1.165) is 0 Å². The van der Waals surface area contributed by atoms with Crippen molar-refractivity contribution in [3.05, 3.63) is 19.3 Å². The number of halogens is 1. The monoisotopic (exact) mass is 206 g/mol. The first-order valence-electron chi connectivity index (χ1n) is 4.08. The Balaban J connectivity index is 2.81. The molecule has 0 spiro atoms. The number of aliphatic hydroxyl groups excluding tert-OH is 1. The van der Waals surface area contributed by atoms with Gasteiger partial charge >= 0.3 is 0 Å². The molecular weight excluding hydrogens is 193 g/mol. The molecule has 14 heavy (non-hydrogen) atoms. The summed E-state index contributed by atoms with van der Waals surface area (Å²) in [6.45, 7) is 3.25. The molecule has 1 aliphatic rings. The quantitative estimate of drug-likeness (QED) is 0.338. The second-order valence-corrected chi connectivity index (χ2v) is 3.03. The molecule has 0 amide bonds. The number of rotatable bonds is 4. The summed E-state index contributed by atoms with van der Waals surface area (Å²) in [4.78, 5) is 0. The summed E-state index contributed by atoms with van der Waals surface area (Å²) in [6, 6.07) is 0. The van der Waals surface area contributed by atoms with Crippen LogP contribution in [0.25, 0.3) is 0 Å². The van der Waals surface area contributed by atoms with E-state index in [0.29, 0.717) is 6.61 Å². The average Bonchev–Trinajstić information content (AvgIpc) is 2.36. The lowest BCUT2D eigenvalue weighted by Gasteiger charge is -2.33. The summed E-state index contributed by atoms with van der Waals surface area (Å²) in [5, 5.41) is 29.9. The Hall–Kier alpha value is -0.530. The van der Waals surface area contributed by atoms with E-state index in [1.165, 1.54) is 6.08 Å². The zero-order valence-corrected chi connectivity index (χ0v) is 7.48. The van der Waals surface area contributed by atoms with E-state index in [1.54, 1.807) is 0 Å². The number of alkyl halides is 1. The highest BCUT2D eigenvalue weighted by atomic mass is 19.2. The van der Waals surface area contributed by atoms with Gasteiger partial charge in [0.15, 0.2) is 6.61 Å². The van der Waals surface area contributed by atoms with Gasteiger partial charge in [-0.1, -0.05) is 6.08 Å². The molecule has 1 rings (SSSR count). The van der Waals surface area contributed by atoms with Crippen molar-refractivity contribution in [2.24, 2.45) is 0 Å². The van der Waals surface area contributed by atoms with Crippen molar-refractivity contribution in [3.8, 4) is 0 Å². The normalized spacial score (nSPS) is 42.7. The molecule has 0 aromatic rings. The van der Waals surface area contributed by atoms with Crippen LogP contribution in [-0.4, -0.2) is 46.2 Å². The van der Waals surface area contributed by atoms with Crippen molar-refractivity contribution in [1.82, 2.24) is 5.32 Å². The van der Waals surface area contributed by atoms with Gasteiger partial charge in [-0.15, -0.1) is 6.58 Å². The maximum absolute atomic E-state index is 13.3. The predicted octanol–water partition coefficient (Wildman–Crippen LogP) is -1.34. The highest BCUT2D eigenvalue weighted by Crippen LogP contribution is 2.36. The lowest BCUT2D eigenvalue weighted by atomic mass is 10.0. The molecule has 1 saturated heterocycles. The molecule has 0 saturated carbocycles. The van der Waals surface area contributed by atoms with Gasteiger partial charge in [0, 0.05) is 6.54 Å². The van der Waals surface area contributed by atoms with E-state index in [2.05, 4.69) is 16.6 Å². The van der Waals surface area contributed by atoms with Gasteiger partial charge in [0.2, 0.25) is 5.72 Å². The van der Waals surface area contributed by atoms with Crippen LogP contribution in [0.2, 0.25) is 0 Å². The molecule has 6 heteroatoms. The van der Waals surface area contributed by atoms with Crippen molar-refractivity contribution in [3.63, 3.8) is 0 Å². The second kappa shape index (κ2) is 3.92. The lowest BCUT2D eigenvalue weighted by Crippen LogP contribution is -2.64. The minimum absolute atomic E-state index is 0.0659. The molecule has 3 atom stereocenters. The van der Waals surface area contributed by atoms with Gasteiger partial charge < -0.3 is 20.1 Å². The molecular formula is C8H13FNO4. The molecule has 1 fully saturated rings. The maximum atomic E-state index is 13.3. The van der Waals surface area contributed by atoms with Crippen molar-refractivity contribution in [2.45, 2.75) is 17.7 Å². The van der Waals surface area contributed by atoms with E-state index >= 15 is 0 Å². The van der Waals surface area contributed by atoms with Crippen molar-refractivity contribution >= 4 is 0 Å². The highest BCUT2D eigenvalue weighted by molar-refractivity contribution is 5.07. The van der Waals surface area contributed by atoms with E-state index in [1.807, 2.05) is 0 Å². The maximum Gasteiger partial charge on any atom is 0.281 e. The molecule has 0 aromatic carbocycles. The average molecular weight is 206 g/mol. The zero-order chi connectivity index (χ0) is 10.8. The minimum Gasteiger partial charge on any atom is -0.393 e. The van der Waals surface area contributed by atoms with Crippen LogP contribution in [0.1, 0.15) is 0 Å². The van der Waals surface area contributed by atoms with Crippen LogP contribution < -0.4 is 5.32 Å². The molecule has 81 valence electrons. The van der Waals surface area contributed by atoms with Crippen molar-refractivity contribution in [2.75, 3.05) is 13.2 Å². The fourth-order valence-corrected chi connectivity index (χ4v) is 1.23. The number of hydrogen-bond acceptors (Lipinski definition) is 5. The first kappa shape index (κ1) is 11.5. The van der Waals surface area contributed by atoms with Crippen LogP contribution in [0.4, 0.5) is 4.39 Å². The topological polar surface area (TPSA) is 82.0 Å². The number of ether oxygens (including phenoxy) is 1. The van der Waals surface area contributed by atoms with Gasteiger partial charge in [0.25, 0.3) is 5.85 Å². The van der Waals surface area contributed by atoms with Gasteiger partial charge in [-0.3, -0.25) is 5.32 Å². The number of aliphatic hydroxyl groups is 3. The van der Waals surface area contributed by atoms with Crippen LogP contribution >= 0.6 is 0 Å². The van der Waals surface area contributed by atoms with Crippen LogP contribution in [0.3, 0.4) is 0 Å². The molecule has 1 radical (unpaired) electrons. The van der Waals surface area contributed by atoms with Crippen LogP contribution in [0.5, 0.6) is 0 Å². The van der Waals surface area contributed by atoms with Gasteiger partial charge in [-0.2, -0.15) is 0 Å². The zero-order valence-electron chi connectivity index (χ0n) is 7.48. The van der Waals surface area contributed by atoms with Gasteiger partial charge in [0.1, 0.15) is 6.10 Å². The number of hydrogen-bond donors (Lipinski definition) is 4. The Bertz CT molecular complexity index is 223. The molecule has 1 aliphatic heterocycles. The predicted molar refractivity (Wildman–Crippen MR) is 45.5 cm³/mol. The van der Waals surface area contributed by atoms with Gasteiger partial charge in [0.05, 0.1) is 6.61 Å². The molecule has 0 aliphatic carbocycles. The fraction of sp³-hybridized carbons (Fsp3) is 0.625. The first-order chi connectivity index (χ1) is 6.48. The third kappa shape index (κ3) is 1.67. The lowest BCUT2D eigenvalue weighted by molar-refractivity contribution is -0.215. The molecule has 0 unspecified atom stereocenters. The molecule has 0 bridgehead atoms. The summed E-state index contributed by atoms with van der Waals surface area (Å²) in [7, 11) is 0. The summed E-state index contributed by atoms with van der Waals surface area (Å²) < 4.78 is 17.9. The van der Waals surface area contributed by atoms with Crippen LogP contribution in [0.15, 0.2) is 12.7 Å².